The van der Waals surface area contributed by atoms with Crippen LogP contribution in [0.4, 0.5) is 4.79 Å². The van der Waals surface area contributed by atoms with Gasteiger partial charge in [0.1, 0.15) is 0 Å². The minimum atomic E-state index is -0.476. The first kappa shape index (κ1) is 15.3. The highest BCUT2D eigenvalue weighted by molar-refractivity contribution is 6.30. The molecule has 0 aliphatic heterocycles. The summed E-state index contributed by atoms with van der Waals surface area (Å²) in [6.45, 7) is 0.181. The van der Waals surface area contributed by atoms with E-state index in [2.05, 4.69) is 15.6 Å². The first-order valence-electron chi connectivity index (χ1n) is 6.48. The van der Waals surface area contributed by atoms with Gasteiger partial charge in [0.25, 0.3) is 0 Å². The number of hydrogen-bond acceptors (Lipinski definition) is 3. The number of urea groups is 1. The molecule has 2 rings (SSSR count). The van der Waals surface area contributed by atoms with Crippen LogP contribution in [0.5, 0.6) is 0 Å². The Morgan fingerprint density at radius 2 is 2.05 bits per heavy atom. The number of aromatic nitrogens is 1. The van der Waals surface area contributed by atoms with Crippen molar-refractivity contribution in [1.82, 2.24) is 15.6 Å². The fraction of sp³-hybridized carbons (Fsp3) is 0.200. The molecule has 3 N–H and O–H groups in total. The highest BCUT2D eigenvalue weighted by Crippen LogP contribution is 2.16. The molecule has 1 aromatic carbocycles. The summed E-state index contributed by atoms with van der Waals surface area (Å²) in [4.78, 5) is 15.8. The molecule has 2 aromatic rings. The van der Waals surface area contributed by atoms with Crippen LogP contribution in [-0.2, 0) is 6.54 Å². The fourth-order valence-corrected chi connectivity index (χ4v) is 1.95. The van der Waals surface area contributed by atoms with Crippen LogP contribution in [0, 0.1) is 0 Å². The molecular formula is C15H16ClN3O2. The van der Waals surface area contributed by atoms with Gasteiger partial charge in [-0.25, -0.2) is 4.79 Å². The smallest absolute Gasteiger partial charge is 0.315 e. The maximum Gasteiger partial charge on any atom is 0.315 e. The molecule has 0 saturated heterocycles. The number of nitrogens with zero attached hydrogens (tertiary/aromatic N) is 1. The molecule has 2 amide bonds. The standard InChI is InChI=1S/C15H16ClN3O2/c16-13-5-3-12(4-6-13)14(10-20)19-15(21)18-9-11-2-1-7-17-8-11/h1-8,14,20H,9-10H2,(H2,18,19,21). The van der Waals surface area contributed by atoms with Gasteiger partial charge in [0.2, 0.25) is 0 Å². The van der Waals surface area contributed by atoms with Crippen molar-refractivity contribution in [3.8, 4) is 0 Å². The monoisotopic (exact) mass is 305 g/mol. The molecule has 1 aromatic heterocycles. The van der Waals surface area contributed by atoms with Crippen molar-refractivity contribution >= 4 is 17.6 Å². The number of carbonyl (C=O) groups is 1. The Kier molecular flexibility index (Phi) is 5.54. The number of hydrogen-bond donors (Lipinski definition) is 3. The van der Waals surface area contributed by atoms with Crippen LogP contribution in [0.3, 0.4) is 0 Å². The number of amides is 2. The molecule has 0 saturated carbocycles. The Balaban J connectivity index is 1.89. The van der Waals surface area contributed by atoms with Crippen molar-refractivity contribution in [2.24, 2.45) is 0 Å². The van der Waals surface area contributed by atoms with Gasteiger partial charge in [-0.15, -0.1) is 0 Å². The van der Waals surface area contributed by atoms with E-state index >= 15 is 0 Å². The molecule has 21 heavy (non-hydrogen) atoms. The molecule has 1 unspecified atom stereocenters. The third kappa shape index (κ3) is 4.73. The molecule has 0 aliphatic rings. The van der Waals surface area contributed by atoms with Gasteiger partial charge in [0.15, 0.2) is 0 Å². The summed E-state index contributed by atoms with van der Waals surface area (Å²) in [5.74, 6) is 0. The lowest BCUT2D eigenvalue weighted by Gasteiger charge is -2.17. The number of carbonyl (C=O) groups excluding carboxylic acids is 1. The second-order valence-electron chi connectivity index (χ2n) is 4.47. The molecule has 0 aliphatic carbocycles. The van der Waals surface area contributed by atoms with Gasteiger partial charge >= 0.3 is 6.03 Å². The normalized spacial score (nSPS) is 11.7. The van der Waals surface area contributed by atoms with Crippen molar-refractivity contribution < 1.29 is 9.90 Å². The number of nitrogens with one attached hydrogen (secondary N) is 2. The van der Waals surface area contributed by atoms with E-state index in [-0.39, 0.29) is 12.6 Å². The molecule has 6 heteroatoms. The minimum Gasteiger partial charge on any atom is -0.394 e. The van der Waals surface area contributed by atoms with Crippen LogP contribution in [0.2, 0.25) is 5.02 Å². The summed E-state index contributed by atoms with van der Waals surface area (Å²) in [5, 5.41) is 15.4. The molecule has 0 spiro atoms. The second kappa shape index (κ2) is 7.61. The molecule has 110 valence electrons. The SMILES string of the molecule is O=C(NCc1cccnc1)NC(CO)c1ccc(Cl)cc1. The molecule has 1 heterocycles. The minimum absolute atomic E-state index is 0.193. The average Bonchev–Trinajstić information content (AvgIpc) is 2.52. The fourth-order valence-electron chi connectivity index (χ4n) is 1.82. The maximum atomic E-state index is 11.8. The number of benzene rings is 1. The predicted molar refractivity (Wildman–Crippen MR) is 80.9 cm³/mol. The van der Waals surface area contributed by atoms with Crippen LogP contribution >= 0.6 is 11.6 Å². The highest BCUT2D eigenvalue weighted by Gasteiger charge is 2.13. The number of rotatable bonds is 5. The Morgan fingerprint density at radius 3 is 2.67 bits per heavy atom. The van der Waals surface area contributed by atoms with Crippen LogP contribution in [0.25, 0.3) is 0 Å². The van der Waals surface area contributed by atoms with E-state index in [1.54, 1.807) is 42.7 Å². The van der Waals surface area contributed by atoms with Crippen molar-refractivity contribution in [1.29, 1.82) is 0 Å². The summed E-state index contributed by atoms with van der Waals surface area (Å²) in [6.07, 6.45) is 3.36. The van der Waals surface area contributed by atoms with Crippen LogP contribution < -0.4 is 10.6 Å². The molecule has 5 nitrogen and oxygen atoms in total. The first-order chi connectivity index (χ1) is 10.2. The summed E-state index contributed by atoms with van der Waals surface area (Å²) < 4.78 is 0. The van der Waals surface area contributed by atoms with Crippen molar-refractivity contribution in [3.05, 3.63) is 64.9 Å². The summed E-state index contributed by atoms with van der Waals surface area (Å²) in [5.41, 5.74) is 1.69. The van der Waals surface area contributed by atoms with Gasteiger partial charge in [-0.3, -0.25) is 4.98 Å². The second-order valence-corrected chi connectivity index (χ2v) is 4.91. The summed E-state index contributed by atoms with van der Waals surface area (Å²) in [6, 6.07) is 9.82. The zero-order chi connectivity index (χ0) is 15.1. The molecule has 1 atom stereocenters. The lowest BCUT2D eigenvalue weighted by Crippen LogP contribution is -2.38. The van der Waals surface area contributed by atoms with Crippen molar-refractivity contribution in [3.63, 3.8) is 0 Å². The van der Waals surface area contributed by atoms with Crippen molar-refractivity contribution in [2.45, 2.75) is 12.6 Å². The van der Waals surface area contributed by atoms with Crippen LogP contribution in [-0.4, -0.2) is 22.7 Å². The van der Waals surface area contributed by atoms with Gasteiger partial charge in [0, 0.05) is 24.0 Å². The third-order valence-corrected chi connectivity index (χ3v) is 3.19. The average molecular weight is 306 g/mol. The van der Waals surface area contributed by atoms with E-state index in [1.165, 1.54) is 0 Å². The van der Waals surface area contributed by atoms with E-state index < -0.39 is 6.04 Å². The number of pyridine rings is 1. The van der Waals surface area contributed by atoms with E-state index in [1.807, 2.05) is 6.07 Å². The lowest BCUT2D eigenvalue weighted by atomic mass is 10.1. The summed E-state index contributed by atoms with van der Waals surface area (Å²) in [7, 11) is 0. The predicted octanol–water partition coefficient (Wildman–Crippen LogP) is 2.27. The lowest BCUT2D eigenvalue weighted by molar-refractivity contribution is 0.216. The zero-order valence-corrected chi connectivity index (χ0v) is 12.0. The Labute approximate surface area is 128 Å². The third-order valence-electron chi connectivity index (χ3n) is 2.94. The van der Waals surface area contributed by atoms with E-state index in [9.17, 15) is 9.90 Å². The van der Waals surface area contributed by atoms with E-state index in [4.69, 9.17) is 11.6 Å². The largest absolute Gasteiger partial charge is 0.394 e. The molecule has 0 radical (unpaired) electrons. The van der Waals surface area contributed by atoms with Gasteiger partial charge in [-0.05, 0) is 29.3 Å². The highest BCUT2D eigenvalue weighted by atomic mass is 35.5. The Morgan fingerprint density at radius 1 is 1.29 bits per heavy atom. The maximum absolute atomic E-state index is 11.8. The number of aliphatic hydroxyl groups excluding tert-OH is 1. The van der Waals surface area contributed by atoms with Gasteiger partial charge in [-0.2, -0.15) is 0 Å². The molecule has 0 bridgehead atoms. The zero-order valence-electron chi connectivity index (χ0n) is 11.3. The first-order valence-corrected chi connectivity index (χ1v) is 6.86. The van der Waals surface area contributed by atoms with Crippen LogP contribution in [0.1, 0.15) is 17.2 Å². The van der Waals surface area contributed by atoms with E-state index in [0.29, 0.717) is 11.6 Å². The Bertz CT molecular complexity index is 575. The van der Waals surface area contributed by atoms with Crippen LogP contribution in [0.15, 0.2) is 48.8 Å². The topological polar surface area (TPSA) is 74.2 Å². The molecule has 0 fully saturated rings. The quantitative estimate of drug-likeness (QED) is 0.793. The summed E-state index contributed by atoms with van der Waals surface area (Å²) >= 11 is 5.81. The van der Waals surface area contributed by atoms with Gasteiger partial charge < -0.3 is 15.7 Å². The molecular weight excluding hydrogens is 290 g/mol. The number of aliphatic hydroxyl groups is 1. The van der Waals surface area contributed by atoms with E-state index in [0.717, 1.165) is 11.1 Å². The van der Waals surface area contributed by atoms with Gasteiger partial charge in [-0.1, -0.05) is 29.8 Å². The van der Waals surface area contributed by atoms with Gasteiger partial charge in [0.05, 0.1) is 12.6 Å². The Hall–Kier alpha value is -2.11. The van der Waals surface area contributed by atoms with Crippen molar-refractivity contribution in [2.75, 3.05) is 6.61 Å². The number of halogens is 1.